The van der Waals surface area contributed by atoms with E-state index >= 15 is 0 Å². The van der Waals surface area contributed by atoms with Gasteiger partial charge in [-0.25, -0.2) is 4.79 Å². The number of hydrogen-bond acceptors (Lipinski definition) is 2. The second kappa shape index (κ2) is 3.75. The molecule has 0 radical (unpaired) electrons. The quantitative estimate of drug-likeness (QED) is 0.561. The van der Waals surface area contributed by atoms with Gasteiger partial charge in [-0.05, 0) is 13.8 Å². The Balaban J connectivity index is 4.66. The zero-order chi connectivity index (χ0) is 9.02. The van der Waals surface area contributed by atoms with Crippen molar-refractivity contribution in [3.63, 3.8) is 0 Å². The van der Waals surface area contributed by atoms with Gasteiger partial charge in [0.25, 0.3) is 0 Å². The highest BCUT2D eigenvalue weighted by Gasteiger charge is 2.10. The SMILES string of the molecule is CNC(=O)/C(C)=C(/C)C(=O)O. The largest absolute Gasteiger partial charge is 0.478 e. The number of rotatable bonds is 2. The van der Waals surface area contributed by atoms with Crippen molar-refractivity contribution in [3.8, 4) is 0 Å². The van der Waals surface area contributed by atoms with Gasteiger partial charge in [0.1, 0.15) is 0 Å². The van der Waals surface area contributed by atoms with Crippen molar-refractivity contribution >= 4 is 11.9 Å². The van der Waals surface area contributed by atoms with Crippen LogP contribution in [0.2, 0.25) is 0 Å². The number of carboxylic acid groups (broad SMARTS) is 1. The summed E-state index contributed by atoms with van der Waals surface area (Å²) in [5.74, 6) is -1.42. The molecule has 62 valence electrons. The highest BCUT2D eigenvalue weighted by atomic mass is 16.4. The van der Waals surface area contributed by atoms with E-state index < -0.39 is 5.97 Å². The molecule has 0 aromatic heterocycles. The maximum Gasteiger partial charge on any atom is 0.331 e. The smallest absolute Gasteiger partial charge is 0.331 e. The molecule has 11 heavy (non-hydrogen) atoms. The number of nitrogens with one attached hydrogen (secondary N) is 1. The summed E-state index contributed by atoms with van der Waals surface area (Å²) in [7, 11) is 1.46. The molecule has 0 fully saturated rings. The molecular weight excluding hydrogens is 146 g/mol. The van der Waals surface area contributed by atoms with Gasteiger partial charge in [0.15, 0.2) is 0 Å². The lowest BCUT2D eigenvalue weighted by Gasteiger charge is -2.00. The first-order chi connectivity index (χ1) is 5.00. The highest BCUT2D eigenvalue weighted by molar-refractivity contribution is 6.01. The van der Waals surface area contributed by atoms with Gasteiger partial charge in [-0.3, -0.25) is 4.79 Å². The van der Waals surface area contributed by atoms with Crippen LogP contribution in [0, 0.1) is 0 Å². The fourth-order valence-electron chi connectivity index (χ4n) is 0.518. The molecule has 0 spiro atoms. The molecule has 4 heteroatoms. The Hall–Kier alpha value is -1.32. The van der Waals surface area contributed by atoms with Crippen LogP contribution in [0.1, 0.15) is 13.8 Å². The van der Waals surface area contributed by atoms with E-state index in [0.717, 1.165) is 0 Å². The summed E-state index contributed by atoms with van der Waals surface area (Å²) in [6.45, 7) is 2.87. The van der Waals surface area contributed by atoms with Crippen LogP contribution in [-0.2, 0) is 9.59 Å². The van der Waals surface area contributed by atoms with E-state index in [0.29, 0.717) is 0 Å². The Morgan fingerprint density at radius 3 is 1.91 bits per heavy atom. The zero-order valence-electron chi connectivity index (χ0n) is 6.76. The van der Waals surface area contributed by atoms with Gasteiger partial charge in [0.05, 0.1) is 0 Å². The van der Waals surface area contributed by atoms with Crippen LogP contribution in [0.5, 0.6) is 0 Å². The summed E-state index contributed by atoms with van der Waals surface area (Å²) in [5, 5.41) is 10.8. The van der Waals surface area contributed by atoms with E-state index in [9.17, 15) is 9.59 Å². The molecule has 0 bridgehead atoms. The second-order valence-corrected chi connectivity index (χ2v) is 2.13. The topological polar surface area (TPSA) is 66.4 Å². The van der Waals surface area contributed by atoms with Crippen LogP contribution in [-0.4, -0.2) is 24.0 Å². The van der Waals surface area contributed by atoms with Crippen molar-refractivity contribution in [2.45, 2.75) is 13.8 Å². The molecule has 2 N–H and O–H groups in total. The van der Waals surface area contributed by atoms with Gasteiger partial charge in [0.2, 0.25) is 5.91 Å². The lowest BCUT2D eigenvalue weighted by Crippen LogP contribution is -2.20. The molecule has 0 atom stereocenters. The van der Waals surface area contributed by atoms with Gasteiger partial charge in [-0.15, -0.1) is 0 Å². The average molecular weight is 157 g/mol. The highest BCUT2D eigenvalue weighted by Crippen LogP contribution is 2.02. The summed E-state index contributed by atoms with van der Waals surface area (Å²) < 4.78 is 0. The standard InChI is InChI=1S/C7H11NO3/c1-4(6(9)8-3)5(2)7(10)11/h1-3H3,(H,8,9)(H,10,11)/b5-4-. The summed E-state index contributed by atoms with van der Waals surface area (Å²) in [6.07, 6.45) is 0. The van der Waals surface area contributed by atoms with Crippen molar-refractivity contribution in [2.24, 2.45) is 0 Å². The van der Waals surface area contributed by atoms with Crippen molar-refractivity contribution in [2.75, 3.05) is 7.05 Å². The number of hydrogen-bond donors (Lipinski definition) is 2. The molecule has 0 aliphatic heterocycles. The molecule has 0 saturated heterocycles. The van der Waals surface area contributed by atoms with Crippen LogP contribution in [0.25, 0.3) is 0 Å². The monoisotopic (exact) mass is 157 g/mol. The summed E-state index contributed by atoms with van der Waals surface area (Å²) in [5.41, 5.74) is 0.310. The lowest BCUT2D eigenvalue weighted by molar-refractivity contribution is -0.133. The Morgan fingerprint density at radius 1 is 1.18 bits per heavy atom. The third-order valence-electron chi connectivity index (χ3n) is 1.45. The Morgan fingerprint density at radius 2 is 1.64 bits per heavy atom. The van der Waals surface area contributed by atoms with Gasteiger partial charge >= 0.3 is 5.97 Å². The van der Waals surface area contributed by atoms with E-state index in [1.165, 1.54) is 20.9 Å². The molecule has 0 heterocycles. The van der Waals surface area contributed by atoms with Crippen LogP contribution in [0.3, 0.4) is 0 Å². The molecule has 4 nitrogen and oxygen atoms in total. The molecule has 0 saturated carbocycles. The third kappa shape index (κ3) is 2.41. The fourth-order valence-corrected chi connectivity index (χ4v) is 0.518. The maximum atomic E-state index is 10.8. The van der Waals surface area contributed by atoms with Crippen LogP contribution >= 0.6 is 0 Å². The van der Waals surface area contributed by atoms with Crippen LogP contribution < -0.4 is 5.32 Å². The first-order valence-corrected chi connectivity index (χ1v) is 3.13. The minimum absolute atomic E-state index is 0.0735. The minimum Gasteiger partial charge on any atom is -0.478 e. The normalized spacial score (nSPS) is 11.9. The van der Waals surface area contributed by atoms with Gasteiger partial charge in [-0.2, -0.15) is 0 Å². The molecule has 0 aromatic rings. The zero-order valence-corrected chi connectivity index (χ0v) is 6.76. The van der Waals surface area contributed by atoms with E-state index in [1.807, 2.05) is 0 Å². The molecule has 1 amide bonds. The number of carbonyl (C=O) groups is 2. The number of carboxylic acids is 1. The van der Waals surface area contributed by atoms with Crippen molar-refractivity contribution in [1.29, 1.82) is 0 Å². The van der Waals surface area contributed by atoms with Crippen molar-refractivity contribution < 1.29 is 14.7 Å². The van der Waals surface area contributed by atoms with Crippen molar-refractivity contribution in [1.82, 2.24) is 5.32 Å². The van der Waals surface area contributed by atoms with Crippen LogP contribution in [0.4, 0.5) is 0 Å². The number of carbonyl (C=O) groups excluding carboxylic acids is 1. The molecular formula is C7H11NO3. The van der Waals surface area contributed by atoms with Crippen LogP contribution in [0.15, 0.2) is 11.1 Å². The van der Waals surface area contributed by atoms with E-state index in [1.54, 1.807) is 0 Å². The van der Waals surface area contributed by atoms with E-state index in [2.05, 4.69) is 5.32 Å². The molecule has 0 unspecified atom stereocenters. The Kier molecular flexibility index (Phi) is 3.30. The predicted molar refractivity (Wildman–Crippen MR) is 40.1 cm³/mol. The molecule has 0 aromatic carbocycles. The van der Waals surface area contributed by atoms with E-state index in [4.69, 9.17) is 5.11 Å². The van der Waals surface area contributed by atoms with Gasteiger partial charge in [-0.1, -0.05) is 0 Å². The molecule has 0 rings (SSSR count). The first-order valence-electron chi connectivity index (χ1n) is 3.13. The maximum absolute atomic E-state index is 10.8. The summed E-state index contributed by atoms with van der Waals surface area (Å²) in [6, 6.07) is 0. The molecule has 0 aliphatic carbocycles. The fraction of sp³-hybridized carbons (Fsp3) is 0.429. The second-order valence-electron chi connectivity index (χ2n) is 2.13. The average Bonchev–Trinajstić information content (AvgIpc) is 2.00. The summed E-state index contributed by atoms with van der Waals surface area (Å²) >= 11 is 0. The summed E-state index contributed by atoms with van der Waals surface area (Å²) in [4.78, 5) is 21.1. The van der Waals surface area contributed by atoms with E-state index in [-0.39, 0.29) is 17.1 Å². The third-order valence-corrected chi connectivity index (χ3v) is 1.45. The molecule has 0 aliphatic rings. The Bertz CT molecular complexity index is 218. The number of aliphatic carboxylic acids is 1. The lowest BCUT2D eigenvalue weighted by atomic mass is 10.1. The van der Waals surface area contributed by atoms with Gasteiger partial charge in [0, 0.05) is 18.2 Å². The minimum atomic E-state index is -1.06. The first kappa shape index (κ1) is 9.68. The van der Waals surface area contributed by atoms with Gasteiger partial charge < -0.3 is 10.4 Å². The predicted octanol–water partition coefficient (Wildman–Crippen LogP) is 0.153. The van der Waals surface area contributed by atoms with Crippen molar-refractivity contribution in [3.05, 3.63) is 11.1 Å². The Labute approximate surface area is 64.9 Å². The number of likely N-dealkylation sites (N-methyl/N-ethyl adjacent to an activating group) is 1. The number of amides is 1.